The molecular formula is C50H44BrF6IN13O5-. The lowest BCUT2D eigenvalue weighted by atomic mass is 10.1. The third kappa shape index (κ3) is 14.0. The van der Waals surface area contributed by atoms with Crippen molar-refractivity contribution in [1.29, 1.82) is 0 Å². The molecule has 1 saturated heterocycles. The number of ether oxygens (including phenoxy) is 1. The fourth-order valence-corrected chi connectivity index (χ4v) is 8.04. The van der Waals surface area contributed by atoms with Crippen molar-refractivity contribution >= 4 is 68.1 Å². The van der Waals surface area contributed by atoms with Crippen molar-refractivity contribution in [2.45, 2.75) is 66.1 Å². The first kappa shape index (κ1) is 56.1. The van der Waals surface area contributed by atoms with Gasteiger partial charge >= 0.3 is 12.4 Å². The smallest absolute Gasteiger partial charge is 0.452 e. The largest absolute Gasteiger partial charge is 1.00 e. The molecule has 0 saturated carbocycles. The van der Waals surface area contributed by atoms with Crippen molar-refractivity contribution in [3.8, 4) is 22.5 Å². The zero-order chi connectivity index (χ0) is 53.8. The van der Waals surface area contributed by atoms with Crippen LogP contribution in [0.3, 0.4) is 0 Å². The Morgan fingerprint density at radius 2 is 1.07 bits per heavy atom. The van der Waals surface area contributed by atoms with Crippen LogP contribution in [0.2, 0.25) is 0 Å². The number of rotatable bonds is 11. The molecule has 1 aliphatic heterocycles. The average molecular weight is 1230 g/mol. The van der Waals surface area contributed by atoms with Crippen LogP contribution < -0.4 is 50.1 Å². The fourth-order valence-electron chi connectivity index (χ4n) is 7.68. The number of aryl methyl sites for hydroxylation is 4. The highest BCUT2D eigenvalue weighted by atomic mass is 127. The van der Waals surface area contributed by atoms with Crippen LogP contribution in [0.25, 0.3) is 22.5 Å². The second-order valence-corrected chi connectivity index (χ2v) is 18.0. The van der Waals surface area contributed by atoms with E-state index in [1.165, 1.54) is 13.8 Å². The molecule has 8 aromatic rings. The number of oxazole rings is 2. The van der Waals surface area contributed by atoms with Gasteiger partial charge in [0.05, 0.1) is 35.5 Å². The first-order chi connectivity index (χ1) is 35.6. The predicted molar refractivity (Wildman–Crippen MR) is 268 cm³/mol. The molecule has 0 aliphatic carbocycles. The number of nitrogens with one attached hydrogen (secondary N) is 4. The molecule has 9 rings (SSSR count). The minimum atomic E-state index is -4.86. The van der Waals surface area contributed by atoms with Crippen molar-refractivity contribution in [3.63, 3.8) is 0 Å². The van der Waals surface area contributed by atoms with Gasteiger partial charge in [0, 0.05) is 96.3 Å². The molecule has 4 N–H and O–H groups in total. The lowest BCUT2D eigenvalue weighted by Gasteiger charge is -2.36. The van der Waals surface area contributed by atoms with E-state index in [0.717, 1.165) is 45.5 Å². The Bertz CT molecular complexity index is 3390. The zero-order valence-corrected chi connectivity index (χ0v) is 44.6. The molecule has 76 heavy (non-hydrogen) atoms. The molecule has 1 aliphatic rings. The second-order valence-electron chi connectivity index (χ2n) is 17.1. The van der Waals surface area contributed by atoms with Gasteiger partial charge in [-0.05, 0) is 103 Å². The Morgan fingerprint density at radius 1 is 0.618 bits per heavy atom. The number of hydrogen-bond acceptors (Lipinski definition) is 16. The highest BCUT2D eigenvalue weighted by molar-refractivity contribution is 9.10. The zero-order valence-electron chi connectivity index (χ0n) is 40.9. The van der Waals surface area contributed by atoms with Gasteiger partial charge in [-0.2, -0.15) is 26.3 Å². The molecule has 0 radical (unpaired) electrons. The molecule has 0 unspecified atom stereocenters. The van der Waals surface area contributed by atoms with E-state index in [1.807, 2.05) is 46.0 Å². The van der Waals surface area contributed by atoms with Crippen LogP contribution >= 0.6 is 15.9 Å². The van der Waals surface area contributed by atoms with Gasteiger partial charge in [0.25, 0.3) is 11.8 Å². The van der Waals surface area contributed by atoms with Crippen LogP contribution in [0.4, 0.5) is 66.7 Å². The monoisotopic (exact) mass is 1230 g/mol. The third-order valence-corrected chi connectivity index (χ3v) is 11.4. The van der Waals surface area contributed by atoms with Crippen LogP contribution in [-0.4, -0.2) is 77.0 Å². The number of benzene rings is 2. The molecular weight excluding hydrogens is 1180 g/mol. The number of alkyl halides is 6. The molecule has 2 amide bonds. The van der Waals surface area contributed by atoms with Gasteiger partial charge in [-0.15, -0.1) is 0 Å². The van der Waals surface area contributed by atoms with E-state index in [2.05, 4.69) is 90.8 Å². The number of hydrogen-bond donors (Lipinski definition) is 4. The van der Waals surface area contributed by atoms with Gasteiger partial charge in [0.15, 0.2) is 23.2 Å². The molecule has 1 fully saturated rings. The number of aromatic nitrogens is 8. The number of halogens is 8. The summed E-state index contributed by atoms with van der Waals surface area (Å²) in [5, 5.41) is 11.1. The molecule has 0 spiro atoms. The molecule has 396 valence electrons. The average Bonchev–Trinajstić information content (AvgIpc) is 3.97. The molecule has 18 nitrogen and oxygen atoms in total. The summed E-state index contributed by atoms with van der Waals surface area (Å²) in [6.45, 7) is 11.7. The first-order valence-corrected chi connectivity index (χ1v) is 23.5. The summed E-state index contributed by atoms with van der Waals surface area (Å²) in [6.07, 6.45) is 0.566. The number of morpholine rings is 1. The molecule has 0 bridgehead atoms. The lowest BCUT2D eigenvalue weighted by Crippen LogP contribution is -3.00. The topological polar surface area (TPSA) is 224 Å². The minimum absolute atomic E-state index is 0. The van der Waals surface area contributed by atoms with E-state index < -0.39 is 47.1 Å². The molecule has 26 heteroatoms. The first-order valence-electron chi connectivity index (χ1n) is 22.7. The summed E-state index contributed by atoms with van der Waals surface area (Å²) in [7, 11) is 0. The van der Waals surface area contributed by atoms with Crippen LogP contribution in [0.1, 0.15) is 69.3 Å². The summed E-state index contributed by atoms with van der Waals surface area (Å²) in [4.78, 5) is 60.7. The van der Waals surface area contributed by atoms with E-state index in [1.54, 1.807) is 79.5 Å². The number of carbonyl (C=O) groups is 2. The normalized spacial score (nSPS) is 14.5. The van der Waals surface area contributed by atoms with Gasteiger partial charge in [-0.1, -0.05) is 12.1 Å². The predicted octanol–water partition coefficient (Wildman–Crippen LogP) is 8.70. The summed E-state index contributed by atoms with van der Waals surface area (Å²) in [6, 6.07) is 17.1. The van der Waals surface area contributed by atoms with Crippen LogP contribution in [0.5, 0.6) is 0 Å². The van der Waals surface area contributed by atoms with Crippen molar-refractivity contribution < 1.29 is 73.5 Å². The second kappa shape index (κ2) is 23.5. The van der Waals surface area contributed by atoms with Crippen molar-refractivity contribution in [1.82, 2.24) is 39.9 Å². The molecule has 2 atom stereocenters. The molecule has 6 aromatic heterocycles. The number of pyridine rings is 2. The van der Waals surface area contributed by atoms with Gasteiger partial charge in [0.2, 0.25) is 23.4 Å². The van der Waals surface area contributed by atoms with Crippen molar-refractivity contribution in [3.05, 3.63) is 148 Å². The Labute approximate surface area is 455 Å². The highest BCUT2D eigenvalue weighted by Gasteiger charge is 2.42. The Balaban J connectivity index is 0.000000222. The maximum atomic E-state index is 13.3. The number of carbonyl (C=O) groups excluding carboxylic acids is 2. The lowest BCUT2D eigenvalue weighted by molar-refractivity contribution is -0.154. The maximum absolute atomic E-state index is 13.3. The number of nitrogens with zero attached hydrogens (tertiary/aromatic N) is 9. The highest BCUT2D eigenvalue weighted by Crippen LogP contribution is 2.35. The standard InChI is InChI=1S/C28H28F3N7O3.C22H16BrF3N6O2.HI/c1-15-5-6-20(35-26(39)24-25(28(29,30)31)41-18(4)34-24)10-23(15)37-27-33-8-7-22(36-27)19-9-21(12-32-11-19)38-13-16(2)40-17(3)14-38;1-11-3-4-15(30-20(33)18-19(22(24,25)26)34-12(2)29-18)8-17(11)32-21-28-6-5-16(31-21)13-7-14(23)10-27-9-13;/h5-12,16-17H,13-14H2,1-4H3,(H,35,39)(H,33,36,37);3-10H,1-2H3,(H,30,33)(H,28,31,32);1H/p-1/t16-,17+;;. The summed E-state index contributed by atoms with van der Waals surface area (Å²) in [5.41, 5.74) is 5.35. The van der Waals surface area contributed by atoms with Gasteiger partial charge in [0.1, 0.15) is 0 Å². The van der Waals surface area contributed by atoms with E-state index in [9.17, 15) is 35.9 Å². The van der Waals surface area contributed by atoms with Gasteiger partial charge in [-0.3, -0.25) is 19.6 Å². The van der Waals surface area contributed by atoms with Crippen LogP contribution in [-0.2, 0) is 17.1 Å². The van der Waals surface area contributed by atoms with Crippen LogP contribution in [0, 0.1) is 27.7 Å². The summed E-state index contributed by atoms with van der Waals surface area (Å²) >= 11 is 3.37. The Kier molecular flexibility index (Phi) is 17.4. The van der Waals surface area contributed by atoms with E-state index >= 15 is 0 Å². The van der Waals surface area contributed by atoms with Gasteiger partial charge in [-0.25, -0.2) is 29.9 Å². The van der Waals surface area contributed by atoms with E-state index in [-0.39, 0.29) is 65.3 Å². The number of amides is 2. The maximum Gasteiger partial charge on any atom is 0.452 e. The van der Waals surface area contributed by atoms with E-state index in [0.29, 0.717) is 28.7 Å². The number of anilines is 7. The van der Waals surface area contributed by atoms with Crippen molar-refractivity contribution in [2.75, 3.05) is 39.3 Å². The summed E-state index contributed by atoms with van der Waals surface area (Å²) in [5.74, 6) is -4.92. The molecule has 7 heterocycles. The van der Waals surface area contributed by atoms with Gasteiger partial charge < -0.3 is 63.7 Å². The molecule has 2 aromatic carbocycles. The third-order valence-electron chi connectivity index (χ3n) is 11.0. The van der Waals surface area contributed by atoms with Crippen molar-refractivity contribution in [2.24, 2.45) is 0 Å². The minimum Gasteiger partial charge on any atom is -1.00 e. The fraction of sp³-hybridized carbons (Fsp3) is 0.240. The van der Waals surface area contributed by atoms with Crippen LogP contribution in [0.15, 0.2) is 111 Å². The Morgan fingerprint density at radius 3 is 1.51 bits per heavy atom. The SMILES string of the molecule is Cc1nc(C(=O)Nc2ccc(C)c(Nc3nccc(-c4cncc(Br)c4)n3)c2)c(C(F)(F)F)o1.Cc1nc(C(=O)Nc2ccc(C)c(Nc3nccc(-c4cncc(N5C[C@@H](C)O[C@@H](C)C5)c4)n3)c2)c(C(F)(F)F)o1.[I-]. The Hall–Kier alpha value is -7.59. The summed E-state index contributed by atoms with van der Waals surface area (Å²) < 4.78 is 95.1. The van der Waals surface area contributed by atoms with E-state index in [4.69, 9.17) is 4.74 Å². The quantitative estimate of drug-likeness (QED) is 0.0702.